The van der Waals surface area contributed by atoms with Gasteiger partial charge in [-0.15, -0.1) is 5.11 Å². The van der Waals surface area contributed by atoms with Gasteiger partial charge in [-0.3, -0.25) is 9.59 Å². The molecule has 0 radical (unpaired) electrons. The van der Waals surface area contributed by atoms with E-state index in [1.54, 1.807) is 43.3 Å². The van der Waals surface area contributed by atoms with E-state index in [1.165, 1.54) is 19.1 Å². The van der Waals surface area contributed by atoms with Crippen LogP contribution in [-0.4, -0.2) is 22.9 Å². The molecule has 0 saturated heterocycles. The summed E-state index contributed by atoms with van der Waals surface area (Å²) in [5.41, 5.74) is 1.31. The summed E-state index contributed by atoms with van der Waals surface area (Å²) in [6.07, 6.45) is 0. The number of nitrogens with zero attached hydrogens (tertiary/aromatic N) is 2. The standard InChI is InChI=1S/C17H18N4O4/c1-11-8-9-14(15(10-11)21(24)25)19-20-16(12(2)22)17(23)18-13-6-4-3-5-7-13/h3-10,16,21,24H,1-2H3,(H,18,23). The van der Waals surface area contributed by atoms with Gasteiger partial charge in [-0.1, -0.05) is 24.3 Å². The molecule has 2 unspecified atom stereocenters. The fraction of sp³-hybridized carbons (Fsp3) is 0.176. The molecule has 0 aliphatic rings. The molecule has 130 valence electrons. The van der Waals surface area contributed by atoms with Crippen LogP contribution in [0.25, 0.3) is 0 Å². The Bertz CT molecular complexity index is 790. The Labute approximate surface area is 144 Å². The van der Waals surface area contributed by atoms with Crippen LogP contribution in [0.1, 0.15) is 12.5 Å². The zero-order chi connectivity index (χ0) is 18.4. The van der Waals surface area contributed by atoms with Crippen molar-refractivity contribution >= 4 is 28.8 Å². The third kappa shape index (κ3) is 5.01. The average molecular weight is 342 g/mol. The Hall–Kier alpha value is -2.94. The highest BCUT2D eigenvalue weighted by Crippen LogP contribution is 2.23. The van der Waals surface area contributed by atoms with Crippen LogP contribution in [0.2, 0.25) is 0 Å². The minimum absolute atomic E-state index is 0.0467. The van der Waals surface area contributed by atoms with E-state index in [2.05, 4.69) is 15.5 Å². The number of amides is 1. The highest BCUT2D eigenvalue weighted by molar-refractivity contribution is 6.10. The first kappa shape index (κ1) is 18.4. The summed E-state index contributed by atoms with van der Waals surface area (Å²) in [6, 6.07) is 11.9. The number of nitrogens with one attached hydrogen (secondary N) is 2. The number of Topliss-reactive ketones (excluding diaryl/α,β-unsaturated/α-hetero) is 1. The Kier molecular flexibility index (Phi) is 6.07. The summed E-state index contributed by atoms with van der Waals surface area (Å²) in [5.74, 6) is -1.13. The number of aryl methyl sites for hydroxylation is 1. The Morgan fingerprint density at radius 3 is 2.48 bits per heavy atom. The number of anilines is 1. The zero-order valence-corrected chi connectivity index (χ0v) is 13.8. The van der Waals surface area contributed by atoms with Crippen molar-refractivity contribution in [1.29, 1.82) is 0 Å². The second kappa shape index (κ2) is 8.25. The maximum atomic E-state index is 12.2. The van der Waals surface area contributed by atoms with E-state index in [4.69, 9.17) is 0 Å². The van der Waals surface area contributed by atoms with Gasteiger partial charge in [-0.25, -0.2) is 5.21 Å². The maximum absolute atomic E-state index is 12.2. The van der Waals surface area contributed by atoms with Crippen molar-refractivity contribution in [3.05, 3.63) is 59.3 Å². The second-order valence-corrected chi connectivity index (χ2v) is 5.41. The van der Waals surface area contributed by atoms with Gasteiger partial charge in [0.1, 0.15) is 5.69 Å². The summed E-state index contributed by atoms with van der Waals surface area (Å²) in [6.45, 7) is 2.97. The zero-order valence-electron chi connectivity index (χ0n) is 13.8. The van der Waals surface area contributed by atoms with Gasteiger partial charge in [0.15, 0.2) is 11.5 Å². The number of carbonyl (C=O) groups is 2. The lowest BCUT2D eigenvalue weighted by Crippen LogP contribution is -2.99. The summed E-state index contributed by atoms with van der Waals surface area (Å²) in [5, 5.41) is 29.5. The number of hydrogen-bond donors (Lipinski definition) is 3. The third-order valence-electron chi connectivity index (χ3n) is 3.34. The molecule has 0 aliphatic carbocycles. The number of hydrogen-bond acceptors (Lipinski definition) is 6. The molecule has 2 atom stereocenters. The number of para-hydroxylation sites is 1. The van der Waals surface area contributed by atoms with Crippen LogP contribution in [-0.2, 0) is 9.59 Å². The van der Waals surface area contributed by atoms with Crippen LogP contribution in [0.4, 0.5) is 17.1 Å². The number of rotatable bonds is 6. The minimum Gasteiger partial charge on any atom is -0.595 e. The van der Waals surface area contributed by atoms with Crippen LogP contribution in [0.3, 0.4) is 0 Å². The first-order chi connectivity index (χ1) is 11.9. The molecule has 1 amide bonds. The monoisotopic (exact) mass is 342 g/mol. The predicted octanol–water partition coefficient (Wildman–Crippen LogP) is 2.08. The lowest BCUT2D eigenvalue weighted by Gasteiger charge is -2.14. The smallest absolute Gasteiger partial charge is 0.258 e. The van der Waals surface area contributed by atoms with E-state index in [0.29, 0.717) is 5.69 Å². The van der Waals surface area contributed by atoms with Gasteiger partial charge < -0.3 is 10.5 Å². The van der Waals surface area contributed by atoms with Gasteiger partial charge in [0.25, 0.3) is 5.91 Å². The van der Waals surface area contributed by atoms with Crippen LogP contribution in [0.5, 0.6) is 0 Å². The van der Waals surface area contributed by atoms with Crippen molar-refractivity contribution in [3.8, 4) is 0 Å². The van der Waals surface area contributed by atoms with Gasteiger partial charge in [-0.2, -0.15) is 10.3 Å². The van der Waals surface area contributed by atoms with E-state index in [-0.39, 0.29) is 11.4 Å². The number of benzene rings is 2. The summed E-state index contributed by atoms with van der Waals surface area (Å²) >= 11 is 0. The SMILES string of the molecule is CC(=O)C(N=Nc1ccc(C)cc1[NH+]([O-])O)C(=O)Nc1ccccc1. The molecule has 0 bridgehead atoms. The molecule has 0 spiro atoms. The first-order valence-electron chi connectivity index (χ1n) is 7.49. The molecule has 8 heteroatoms. The predicted molar refractivity (Wildman–Crippen MR) is 91.0 cm³/mol. The molecule has 3 N–H and O–H groups in total. The van der Waals surface area contributed by atoms with Crippen molar-refractivity contribution in [2.75, 3.05) is 5.32 Å². The molecule has 0 fully saturated rings. The summed E-state index contributed by atoms with van der Waals surface area (Å²) in [4.78, 5) is 24.0. The van der Waals surface area contributed by atoms with Crippen LogP contribution < -0.4 is 10.5 Å². The van der Waals surface area contributed by atoms with E-state index >= 15 is 0 Å². The second-order valence-electron chi connectivity index (χ2n) is 5.41. The molecule has 0 saturated carbocycles. The Morgan fingerprint density at radius 1 is 1.20 bits per heavy atom. The van der Waals surface area contributed by atoms with Crippen molar-refractivity contribution in [2.45, 2.75) is 19.9 Å². The first-order valence-corrected chi connectivity index (χ1v) is 7.49. The molecule has 0 aromatic heterocycles. The van der Waals surface area contributed by atoms with Crippen molar-refractivity contribution in [3.63, 3.8) is 0 Å². The number of carbonyl (C=O) groups excluding carboxylic acids is 2. The van der Waals surface area contributed by atoms with Gasteiger partial charge in [-0.05, 0) is 37.6 Å². The molecule has 25 heavy (non-hydrogen) atoms. The molecule has 8 nitrogen and oxygen atoms in total. The molecule has 0 aliphatic heterocycles. The average Bonchev–Trinajstić information content (AvgIpc) is 2.56. The van der Waals surface area contributed by atoms with Gasteiger partial charge in [0.05, 0.1) is 0 Å². The molecule has 2 aromatic carbocycles. The van der Waals surface area contributed by atoms with Gasteiger partial charge in [0.2, 0.25) is 6.04 Å². The lowest BCUT2D eigenvalue weighted by atomic mass is 10.2. The van der Waals surface area contributed by atoms with Gasteiger partial charge >= 0.3 is 0 Å². The minimum atomic E-state index is -1.36. The summed E-state index contributed by atoms with van der Waals surface area (Å²) < 4.78 is 0. The molecular weight excluding hydrogens is 324 g/mol. The molecule has 2 aromatic rings. The molecule has 0 heterocycles. The van der Waals surface area contributed by atoms with E-state index in [0.717, 1.165) is 5.56 Å². The quantitative estimate of drug-likeness (QED) is 0.423. The largest absolute Gasteiger partial charge is 0.595 e. The molecule has 2 rings (SSSR count). The highest BCUT2D eigenvalue weighted by atomic mass is 16.8. The lowest BCUT2D eigenvalue weighted by molar-refractivity contribution is -0.990. The normalized spacial score (nSPS) is 13.4. The number of quaternary nitrogens is 1. The summed E-state index contributed by atoms with van der Waals surface area (Å²) in [7, 11) is 0. The van der Waals surface area contributed by atoms with Crippen LogP contribution in [0, 0.1) is 12.1 Å². The number of ketones is 1. The maximum Gasteiger partial charge on any atom is 0.258 e. The van der Waals surface area contributed by atoms with Crippen LogP contribution in [0.15, 0.2) is 58.8 Å². The van der Waals surface area contributed by atoms with E-state index in [1.807, 2.05) is 0 Å². The molecular formula is C17H18N4O4. The fourth-order valence-electron chi connectivity index (χ4n) is 2.08. The number of azo groups is 1. The third-order valence-corrected chi connectivity index (χ3v) is 3.34. The topological polar surface area (TPSA) is 119 Å². The highest BCUT2D eigenvalue weighted by Gasteiger charge is 2.23. The van der Waals surface area contributed by atoms with Crippen molar-refractivity contribution in [2.24, 2.45) is 10.2 Å². The fourth-order valence-corrected chi connectivity index (χ4v) is 2.08. The Morgan fingerprint density at radius 2 is 1.88 bits per heavy atom. The van der Waals surface area contributed by atoms with Gasteiger partial charge in [0, 0.05) is 11.8 Å². The Balaban J connectivity index is 2.23. The van der Waals surface area contributed by atoms with E-state index in [9.17, 15) is 20.0 Å². The van der Waals surface area contributed by atoms with E-state index < -0.39 is 23.0 Å². The van der Waals surface area contributed by atoms with Crippen molar-refractivity contribution < 1.29 is 20.0 Å². The van der Waals surface area contributed by atoms with Crippen molar-refractivity contribution in [1.82, 2.24) is 0 Å². The van der Waals surface area contributed by atoms with Crippen LogP contribution >= 0.6 is 0 Å².